The monoisotopic (exact) mass is 281 g/mol. The van der Waals surface area contributed by atoms with Crippen LogP contribution in [0.2, 0.25) is 5.02 Å². The van der Waals surface area contributed by atoms with Gasteiger partial charge in [0.25, 0.3) is 0 Å². The predicted octanol–water partition coefficient (Wildman–Crippen LogP) is 4.93. The summed E-state index contributed by atoms with van der Waals surface area (Å²) in [4.78, 5) is 0. The Morgan fingerprint density at radius 3 is 2.16 bits per heavy atom. The largest absolute Gasteiger partial charge is 0.312 e. The van der Waals surface area contributed by atoms with Crippen molar-refractivity contribution >= 4 is 11.6 Å². The van der Waals surface area contributed by atoms with Crippen LogP contribution in [-0.4, -0.2) is 12.1 Å². The molecular weight excluding hydrogens is 254 g/mol. The summed E-state index contributed by atoms with van der Waals surface area (Å²) in [6.07, 6.45) is 1.01. The zero-order valence-electron chi connectivity index (χ0n) is 13.2. The molecule has 1 nitrogen and oxygen atoms in total. The lowest BCUT2D eigenvalue weighted by molar-refractivity contribution is 0.188. The van der Waals surface area contributed by atoms with E-state index in [0.717, 1.165) is 18.0 Å². The Bertz CT molecular complexity index is 406. The van der Waals surface area contributed by atoms with Crippen LogP contribution in [-0.2, 0) is 6.42 Å². The van der Waals surface area contributed by atoms with E-state index in [1.165, 1.54) is 5.56 Å². The molecule has 0 aliphatic heterocycles. The summed E-state index contributed by atoms with van der Waals surface area (Å²) in [5.74, 6) is 0.596. The summed E-state index contributed by atoms with van der Waals surface area (Å²) in [5.41, 5.74) is 1.60. The van der Waals surface area contributed by atoms with Gasteiger partial charge < -0.3 is 5.32 Å². The smallest absolute Gasteiger partial charge is 0.0438 e. The van der Waals surface area contributed by atoms with Crippen LogP contribution in [0.4, 0.5) is 0 Å². The Hall–Kier alpha value is -0.530. The Balaban J connectivity index is 2.85. The molecule has 2 heteroatoms. The lowest BCUT2D eigenvalue weighted by Gasteiger charge is -2.37. The molecule has 0 aromatic heterocycles. The van der Waals surface area contributed by atoms with E-state index in [4.69, 9.17) is 11.6 Å². The van der Waals surface area contributed by atoms with Crippen molar-refractivity contribution in [3.05, 3.63) is 34.9 Å². The fourth-order valence-corrected chi connectivity index (χ4v) is 2.22. The van der Waals surface area contributed by atoms with E-state index in [2.05, 4.69) is 59.0 Å². The summed E-state index contributed by atoms with van der Waals surface area (Å²) in [7, 11) is 0. The molecule has 0 fully saturated rings. The third-order valence-corrected chi connectivity index (χ3v) is 4.34. The van der Waals surface area contributed by atoms with Crippen molar-refractivity contribution in [3.63, 3.8) is 0 Å². The van der Waals surface area contributed by atoms with Crippen molar-refractivity contribution in [1.29, 1.82) is 0 Å². The topological polar surface area (TPSA) is 12.0 Å². The molecule has 1 rings (SSSR count). The second-order valence-corrected chi connectivity index (χ2v) is 7.59. The highest BCUT2D eigenvalue weighted by molar-refractivity contribution is 6.31. The molecule has 0 amide bonds. The fourth-order valence-electron chi connectivity index (χ4n) is 2.01. The number of hydrogen-bond acceptors (Lipinski definition) is 1. The molecule has 0 aliphatic carbocycles. The van der Waals surface area contributed by atoms with Crippen LogP contribution in [0.15, 0.2) is 24.3 Å². The normalized spacial score (nSPS) is 15.6. The minimum atomic E-state index is 0.149. The van der Waals surface area contributed by atoms with Crippen molar-refractivity contribution in [2.45, 2.75) is 53.5 Å². The highest BCUT2D eigenvalue weighted by atomic mass is 35.5. The van der Waals surface area contributed by atoms with Gasteiger partial charge in [-0.2, -0.15) is 0 Å². The van der Waals surface area contributed by atoms with E-state index in [1.807, 2.05) is 12.1 Å². The average Bonchev–Trinajstić information content (AvgIpc) is 2.28. The zero-order valence-corrected chi connectivity index (χ0v) is 13.9. The number of rotatable bonds is 5. The summed E-state index contributed by atoms with van der Waals surface area (Å²) in [6, 6.07) is 8.18. The van der Waals surface area contributed by atoms with E-state index < -0.39 is 0 Å². The molecule has 0 heterocycles. The standard InChI is InChI=1S/C17H28ClN/c1-13(2)17(6,12-19-16(3,4)5)11-14-9-7-8-10-15(14)18/h7-10,13,19H,11-12H2,1-6H3. The molecule has 108 valence electrons. The van der Waals surface area contributed by atoms with Gasteiger partial charge in [0.1, 0.15) is 0 Å². The molecule has 1 unspecified atom stereocenters. The van der Waals surface area contributed by atoms with Crippen LogP contribution in [0.25, 0.3) is 0 Å². The van der Waals surface area contributed by atoms with Crippen LogP contribution >= 0.6 is 11.6 Å². The highest BCUT2D eigenvalue weighted by Crippen LogP contribution is 2.33. The summed E-state index contributed by atoms with van der Waals surface area (Å²) in [5, 5.41) is 4.52. The maximum absolute atomic E-state index is 6.30. The van der Waals surface area contributed by atoms with Gasteiger partial charge in [0.05, 0.1) is 0 Å². The number of nitrogens with one attached hydrogen (secondary N) is 1. The first-order valence-corrected chi connectivity index (χ1v) is 7.50. The SMILES string of the molecule is CC(C)C(C)(CNC(C)(C)C)Cc1ccccc1Cl. The summed E-state index contributed by atoms with van der Waals surface area (Å²) >= 11 is 6.30. The van der Waals surface area contributed by atoms with Crippen LogP contribution in [0.3, 0.4) is 0 Å². The van der Waals surface area contributed by atoms with Crippen molar-refractivity contribution in [2.24, 2.45) is 11.3 Å². The van der Waals surface area contributed by atoms with E-state index >= 15 is 0 Å². The molecule has 1 N–H and O–H groups in total. The van der Waals surface area contributed by atoms with Crippen molar-refractivity contribution in [1.82, 2.24) is 5.32 Å². The maximum atomic E-state index is 6.30. The lowest BCUT2D eigenvalue weighted by atomic mass is 9.74. The molecule has 0 saturated heterocycles. The number of halogens is 1. The van der Waals surface area contributed by atoms with Gasteiger partial charge in [-0.05, 0) is 50.2 Å². The van der Waals surface area contributed by atoms with E-state index in [-0.39, 0.29) is 11.0 Å². The van der Waals surface area contributed by atoms with E-state index in [1.54, 1.807) is 0 Å². The number of hydrogen-bond donors (Lipinski definition) is 1. The third kappa shape index (κ3) is 5.16. The first-order chi connectivity index (χ1) is 8.64. The van der Waals surface area contributed by atoms with Gasteiger partial charge in [-0.1, -0.05) is 50.6 Å². The van der Waals surface area contributed by atoms with Gasteiger partial charge >= 0.3 is 0 Å². The van der Waals surface area contributed by atoms with Crippen molar-refractivity contribution in [2.75, 3.05) is 6.54 Å². The van der Waals surface area contributed by atoms with Gasteiger partial charge in [0, 0.05) is 17.1 Å². The summed E-state index contributed by atoms with van der Waals surface area (Å²) < 4.78 is 0. The minimum absolute atomic E-state index is 0.149. The average molecular weight is 282 g/mol. The Kier molecular flexibility index (Phi) is 5.46. The second kappa shape index (κ2) is 6.28. The quantitative estimate of drug-likeness (QED) is 0.807. The minimum Gasteiger partial charge on any atom is -0.312 e. The molecular formula is C17H28ClN. The van der Waals surface area contributed by atoms with E-state index in [9.17, 15) is 0 Å². The Morgan fingerprint density at radius 2 is 1.68 bits per heavy atom. The van der Waals surface area contributed by atoms with Gasteiger partial charge in [-0.3, -0.25) is 0 Å². The molecule has 0 saturated carbocycles. The highest BCUT2D eigenvalue weighted by Gasteiger charge is 2.30. The molecule has 0 spiro atoms. The van der Waals surface area contributed by atoms with Crippen molar-refractivity contribution in [3.8, 4) is 0 Å². The molecule has 19 heavy (non-hydrogen) atoms. The Morgan fingerprint density at radius 1 is 1.11 bits per heavy atom. The third-order valence-electron chi connectivity index (χ3n) is 3.97. The van der Waals surface area contributed by atoms with Crippen molar-refractivity contribution < 1.29 is 0 Å². The molecule has 0 radical (unpaired) electrons. The maximum Gasteiger partial charge on any atom is 0.0438 e. The van der Waals surface area contributed by atoms with Gasteiger partial charge in [0.2, 0.25) is 0 Å². The zero-order chi connectivity index (χ0) is 14.7. The summed E-state index contributed by atoms with van der Waals surface area (Å²) in [6.45, 7) is 14.6. The Labute approximate surface area is 123 Å². The van der Waals surface area contributed by atoms with Crippen LogP contribution in [0, 0.1) is 11.3 Å². The molecule has 0 bridgehead atoms. The molecule has 1 aromatic carbocycles. The van der Waals surface area contributed by atoms with Crippen LogP contribution < -0.4 is 5.32 Å². The van der Waals surface area contributed by atoms with Gasteiger partial charge in [-0.25, -0.2) is 0 Å². The lowest BCUT2D eigenvalue weighted by Crippen LogP contribution is -2.45. The van der Waals surface area contributed by atoms with Crippen LogP contribution in [0.1, 0.15) is 47.1 Å². The molecule has 1 aromatic rings. The second-order valence-electron chi connectivity index (χ2n) is 7.18. The van der Waals surface area contributed by atoms with Gasteiger partial charge in [-0.15, -0.1) is 0 Å². The number of benzene rings is 1. The van der Waals surface area contributed by atoms with E-state index in [0.29, 0.717) is 5.92 Å². The molecule has 0 aliphatic rings. The fraction of sp³-hybridized carbons (Fsp3) is 0.647. The molecule has 1 atom stereocenters. The predicted molar refractivity (Wildman–Crippen MR) is 85.9 cm³/mol. The van der Waals surface area contributed by atoms with Crippen LogP contribution in [0.5, 0.6) is 0 Å². The first-order valence-electron chi connectivity index (χ1n) is 7.12. The first kappa shape index (κ1) is 16.5. The van der Waals surface area contributed by atoms with Gasteiger partial charge in [0.15, 0.2) is 0 Å².